The van der Waals surface area contributed by atoms with E-state index in [0.717, 1.165) is 37.0 Å². The maximum atomic E-state index is 13.3. The van der Waals surface area contributed by atoms with Crippen LogP contribution in [0.5, 0.6) is 0 Å². The van der Waals surface area contributed by atoms with E-state index in [1.165, 1.54) is 23.0 Å². The van der Waals surface area contributed by atoms with E-state index in [0.29, 0.717) is 11.2 Å². The van der Waals surface area contributed by atoms with Crippen LogP contribution in [0, 0.1) is 0 Å². The zero-order valence-corrected chi connectivity index (χ0v) is 17.9. The summed E-state index contributed by atoms with van der Waals surface area (Å²) in [6.45, 7) is 8.48. The average molecular weight is 414 g/mol. The van der Waals surface area contributed by atoms with Gasteiger partial charge in [0.25, 0.3) is 10.0 Å². The van der Waals surface area contributed by atoms with Crippen molar-refractivity contribution in [1.29, 1.82) is 0 Å². The molecule has 7 heteroatoms. The van der Waals surface area contributed by atoms with E-state index in [-0.39, 0.29) is 10.8 Å². The number of aromatic nitrogens is 1. The zero-order chi connectivity index (χ0) is 21.0. The zero-order valence-electron chi connectivity index (χ0n) is 17.1. The summed E-state index contributed by atoms with van der Waals surface area (Å²) < 4.78 is 28.0. The van der Waals surface area contributed by atoms with Crippen molar-refractivity contribution in [2.24, 2.45) is 0 Å². The number of benzene rings is 2. The molecule has 0 fully saturated rings. The van der Waals surface area contributed by atoms with Gasteiger partial charge in [0.2, 0.25) is 5.91 Å². The van der Waals surface area contributed by atoms with Gasteiger partial charge in [-0.15, -0.1) is 0 Å². The normalized spacial score (nSPS) is 11.9. The highest BCUT2D eigenvalue weighted by Crippen LogP contribution is 2.27. The third-order valence-corrected chi connectivity index (χ3v) is 6.77. The van der Waals surface area contributed by atoms with Gasteiger partial charge in [-0.1, -0.05) is 32.0 Å². The van der Waals surface area contributed by atoms with Crippen molar-refractivity contribution in [1.82, 2.24) is 8.87 Å². The van der Waals surface area contributed by atoms with Crippen LogP contribution in [0.25, 0.3) is 10.9 Å². The Balaban J connectivity index is 1.99. The van der Waals surface area contributed by atoms with E-state index < -0.39 is 10.0 Å². The molecule has 0 unspecified atom stereocenters. The standard InChI is InChI=1S/C22H27N3O3S/c1-4-24(5-2)15-14-18-16-25(22-9-7-6-8-21(18)22)29(27,28)20-12-10-19(11-13-20)23-17(3)26/h6-13,16H,4-5,14-15H2,1-3H3,(H,23,26). The van der Waals surface area contributed by atoms with Gasteiger partial charge in [-0.25, -0.2) is 12.4 Å². The maximum absolute atomic E-state index is 13.3. The Morgan fingerprint density at radius 2 is 1.69 bits per heavy atom. The molecule has 1 N–H and O–H groups in total. The highest BCUT2D eigenvalue weighted by atomic mass is 32.2. The summed E-state index contributed by atoms with van der Waals surface area (Å²) in [4.78, 5) is 13.7. The van der Waals surface area contributed by atoms with Gasteiger partial charge in [0.05, 0.1) is 10.4 Å². The van der Waals surface area contributed by atoms with Gasteiger partial charge in [0.1, 0.15) is 0 Å². The maximum Gasteiger partial charge on any atom is 0.268 e. The molecule has 29 heavy (non-hydrogen) atoms. The van der Waals surface area contributed by atoms with Crippen LogP contribution in [-0.4, -0.2) is 42.8 Å². The Bertz CT molecular complexity index is 1100. The van der Waals surface area contributed by atoms with Crippen LogP contribution in [0.4, 0.5) is 5.69 Å². The van der Waals surface area contributed by atoms with Crippen LogP contribution in [0.3, 0.4) is 0 Å². The number of nitrogens with one attached hydrogen (secondary N) is 1. The molecule has 3 aromatic rings. The summed E-state index contributed by atoms with van der Waals surface area (Å²) in [5.41, 5.74) is 2.26. The first kappa shape index (κ1) is 21.1. The smallest absolute Gasteiger partial charge is 0.268 e. The predicted molar refractivity (Wildman–Crippen MR) is 117 cm³/mol. The molecular formula is C22H27N3O3S. The number of fused-ring (bicyclic) bond motifs is 1. The molecule has 0 radical (unpaired) electrons. The molecule has 6 nitrogen and oxygen atoms in total. The van der Waals surface area contributed by atoms with Gasteiger partial charge in [-0.2, -0.15) is 0 Å². The minimum atomic E-state index is -3.75. The van der Waals surface area contributed by atoms with Gasteiger partial charge < -0.3 is 10.2 Å². The fourth-order valence-electron chi connectivity index (χ4n) is 3.46. The molecule has 0 atom stereocenters. The quantitative estimate of drug-likeness (QED) is 0.611. The minimum absolute atomic E-state index is 0.183. The van der Waals surface area contributed by atoms with Crippen molar-refractivity contribution >= 4 is 32.5 Å². The highest BCUT2D eigenvalue weighted by Gasteiger charge is 2.21. The second-order valence-electron chi connectivity index (χ2n) is 6.95. The van der Waals surface area contributed by atoms with Gasteiger partial charge >= 0.3 is 0 Å². The number of carbonyl (C=O) groups is 1. The van der Waals surface area contributed by atoms with Crippen molar-refractivity contribution in [3.05, 3.63) is 60.3 Å². The molecule has 1 aromatic heterocycles. The third-order valence-electron chi connectivity index (χ3n) is 5.08. The lowest BCUT2D eigenvalue weighted by Crippen LogP contribution is -2.25. The van der Waals surface area contributed by atoms with Gasteiger partial charge in [-0.3, -0.25) is 4.79 Å². The van der Waals surface area contributed by atoms with E-state index >= 15 is 0 Å². The number of nitrogens with zero attached hydrogens (tertiary/aromatic N) is 2. The van der Waals surface area contributed by atoms with E-state index in [4.69, 9.17) is 0 Å². The van der Waals surface area contributed by atoms with E-state index in [1.807, 2.05) is 24.3 Å². The van der Waals surface area contributed by atoms with E-state index in [2.05, 4.69) is 24.1 Å². The average Bonchev–Trinajstić information content (AvgIpc) is 3.08. The molecule has 0 spiro atoms. The summed E-state index contributed by atoms with van der Waals surface area (Å²) in [6.07, 6.45) is 2.53. The molecule has 2 aromatic carbocycles. The molecule has 0 aliphatic rings. The second-order valence-corrected chi connectivity index (χ2v) is 8.77. The van der Waals surface area contributed by atoms with Crippen molar-refractivity contribution in [2.45, 2.75) is 32.1 Å². The molecule has 0 saturated carbocycles. The van der Waals surface area contributed by atoms with Gasteiger partial charge in [0.15, 0.2) is 0 Å². The number of para-hydroxylation sites is 1. The molecule has 0 saturated heterocycles. The Morgan fingerprint density at radius 3 is 2.31 bits per heavy atom. The topological polar surface area (TPSA) is 71.4 Å². The van der Waals surface area contributed by atoms with Crippen LogP contribution < -0.4 is 5.32 Å². The monoisotopic (exact) mass is 413 g/mol. The van der Waals surface area contributed by atoms with Crippen molar-refractivity contribution in [3.8, 4) is 0 Å². The number of likely N-dealkylation sites (N-methyl/N-ethyl adjacent to an activating group) is 1. The first-order valence-corrected chi connectivity index (χ1v) is 11.2. The molecule has 3 rings (SSSR count). The fourth-order valence-corrected chi connectivity index (χ4v) is 4.85. The first-order chi connectivity index (χ1) is 13.9. The summed E-state index contributed by atoms with van der Waals surface area (Å²) in [5, 5.41) is 3.61. The van der Waals surface area contributed by atoms with Crippen molar-refractivity contribution < 1.29 is 13.2 Å². The van der Waals surface area contributed by atoms with Crippen LogP contribution in [0.1, 0.15) is 26.3 Å². The van der Waals surface area contributed by atoms with Crippen LogP contribution in [0.2, 0.25) is 0 Å². The molecule has 0 aliphatic carbocycles. The molecule has 0 aliphatic heterocycles. The number of rotatable bonds is 8. The summed E-state index contributed by atoms with van der Waals surface area (Å²) in [7, 11) is -3.75. The van der Waals surface area contributed by atoms with Gasteiger partial charge in [0, 0.05) is 30.7 Å². The van der Waals surface area contributed by atoms with Crippen LogP contribution >= 0.6 is 0 Å². The molecule has 1 heterocycles. The fraction of sp³-hybridized carbons (Fsp3) is 0.318. The second kappa shape index (κ2) is 8.80. The molecule has 1 amide bonds. The number of anilines is 1. The number of amides is 1. The van der Waals surface area contributed by atoms with E-state index in [9.17, 15) is 13.2 Å². The molecule has 154 valence electrons. The molecular weight excluding hydrogens is 386 g/mol. The lowest BCUT2D eigenvalue weighted by atomic mass is 10.1. The molecule has 0 bridgehead atoms. The number of hydrogen-bond acceptors (Lipinski definition) is 4. The number of hydrogen-bond donors (Lipinski definition) is 1. The Labute approximate surface area is 172 Å². The van der Waals surface area contributed by atoms with E-state index in [1.54, 1.807) is 18.3 Å². The third kappa shape index (κ3) is 4.52. The highest BCUT2D eigenvalue weighted by molar-refractivity contribution is 7.90. The van der Waals surface area contributed by atoms with Gasteiger partial charge in [-0.05, 0) is 55.4 Å². The van der Waals surface area contributed by atoms with Crippen LogP contribution in [0.15, 0.2) is 59.6 Å². The SMILES string of the molecule is CCN(CC)CCc1cn(S(=O)(=O)c2ccc(NC(C)=O)cc2)c2ccccc12. The van der Waals surface area contributed by atoms with Crippen LogP contribution in [-0.2, 0) is 21.2 Å². The van der Waals surface area contributed by atoms with Crippen molar-refractivity contribution in [3.63, 3.8) is 0 Å². The van der Waals surface area contributed by atoms with Crippen molar-refractivity contribution in [2.75, 3.05) is 25.0 Å². The Hall–Kier alpha value is -2.64. The summed E-state index contributed by atoms with van der Waals surface area (Å²) in [6, 6.07) is 13.8. The largest absolute Gasteiger partial charge is 0.326 e. The first-order valence-electron chi connectivity index (χ1n) is 9.81. The Morgan fingerprint density at radius 1 is 1.03 bits per heavy atom. The lowest BCUT2D eigenvalue weighted by Gasteiger charge is -2.17. The lowest BCUT2D eigenvalue weighted by molar-refractivity contribution is -0.114. The minimum Gasteiger partial charge on any atom is -0.326 e. The Kier molecular flexibility index (Phi) is 6.39. The predicted octanol–water partition coefficient (Wildman–Crippen LogP) is 3.72. The summed E-state index contributed by atoms with van der Waals surface area (Å²) >= 11 is 0. The summed E-state index contributed by atoms with van der Waals surface area (Å²) in [5.74, 6) is -0.199. The number of carbonyl (C=O) groups excluding carboxylic acids is 1.